The van der Waals surface area contributed by atoms with Crippen molar-refractivity contribution in [3.63, 3.8) is 0 Å². The molecule has 0 saturated heterocycles. The second-order valence-electron chi connectivity index (χ2n) is 3.02. The molecule has 1 aromatic rings. The van der Waals surface area contributed by atoms with Crippen LogP contribution in [-0.2, 0) is 9.53 Å². The van der Waals surface area contributed by atoms with Crippen molar-refractivity contribution in [1.82, 2.24) is 0 Å². The summed E-state index contributed by atoms with van der Waals surface area (Å²) in [5, 5.41) is -0.0832. The van der Waals surface area contributed by atoms with Gasteiger partial charge in [0.1, 0.15) is 0 Å². The molecule has 0 fully saturated rings. The van der Waals surface area contributed by atoms with Crippen molar-refractivity contribution in [2.75, 3.05) is 13.7 Å². The largest absolute Gasteiger partial charge is 0.492 e. The summed E-state index contributed by atoms with van der Waals surface area (Å²) < 4.78 is 22.6. The number of carbonyl (C=O) groups is 2. The number of ether oxygens (including phenoxy) is 2. The number of ketones is 1. The lowest BCUT2D eigenvalue weighted by molar-refractivity contribution is -0.137. The summed E-state index contributed by atoms with van der Waals surface area (Å²) in [6.07, 6.45) is 0. The summed E-state index contributed by atoms with van der Waals surface area (Å²) in [4.78, 5) is 22.6. The van der Waals surface area contributed by atoms with E-state index in [-0.39, 0.29) is 22.9 Å². The third kappa shape index (κ3) is 2.94. The van der Waals surface area contributed by atoms with E-state index < -0.39 is 17.6 Å². The predicted octanol–water partition coefficient (Wildman–Crippen LogP) is 2.23. The van der Waals surface area contributed by atoms with Crippen molar-refractivity contribution < 1.29 is 23.5 Å². The first-order chi connectivity index (χ1) is 8.01. The minimum absolute atomic E-state index is 0.0664. The van der Waals surface area contributed by atoms with Gasteiger partial charge in [0.15, 0.2) is 11.6 Å². The van der Waals surface area contributed by atoms with Gasteiger partial charge in [0.2, 0.25) is 0 Å². The first kappa shape index (κ1) is 13.4. The van der Waals surface area contributed by atoms with Gasteiger partial charge in [-0.3, -0.25) is 4.79 Å². The van der Waals surface area contributed by atoms with Crippen molar-refractivity contribution in [2.24, 2.45) is 0 Å². The van der Waals surface area contributed by atoms with E-state index in [9.17, 15) is 14.0 Å². The monoisotopic (exact) mass is 260 g/mol. The molecule has 0 spiro atoms. The summed E-state index contributed by atoms with van der Waals surface area (Å²) in [6, 6.07) is 2.03. The first-order valence-electron chi connectivity index (χ1n) is 4.75. The first-order valence-corrected chi connectivity index (χ1v) is 5.13. The molecule has 0 atom stereocenters. The topological polar surface area (TPSA) is 52.6 Å². The molecule has 0 radical (unpaired) electrons. The number of halogens is 2. The number of Topliss-reactive ketones (excluding diaryl/α,β-unsaturated/α-hetero) is 1. The van der Waals surface area contributed by atoms with E-state index in [4.69, 9.17) is 11.6 Å². The molecule has 0 N–H and O–H groups in total. The normalized spacial score (nSPS) is 9.88. The van der Waals surface area contributed by atoms with Gasteiger partial charge in [-0.1, -0.05) is 11.6 Å². The van der Waals surface area contributed by atoms with Gasteiger partial charge >= 0.3 is 5.97 Å². The molecule has 0 heterocycles. The van der Waals surface area contributed by atoms with Crippen LogP contribution in [0.25, 0.3) is 0 Å². The van der Waals surface area contributed by atoms with E-state index in [1.54, 1.807) is 6.92 Å². The third-order valence-corrected chi connectivity index (χ3v) is 2.21. The molecule has 1 rings (SSSR count). The highest BCUT2D eigenvalue weighted by molar-refractivity contribution is 6.41. The van der Waals surface area contributed by atoms with Crippen molar-refractivity contribution >= 4 is 23.4 Å². The molecule has 17 heavy (non-hydrogen) atoms. The molecule has 0 aliphatic rings. The van der Waals surface area contributed by atoms with Crippen LogP contribution in [0.15, 0.2) is 12.1 Å². The lowest BCUT2D eigenvalue weighted by Gasteiger charge is -2.06. The van der Waals surface area contributed by atoms with Crippen molar-refractivity contribution in [3.8, 4) is 5.75 Å². The number of hydrogen-bond acceptors (Lipinski definition) is 4. The van der Waals surface area contributed by atoms with Crippen molar-refractivity contribution in [1.29, 1.82) is 0 Å². The van der Waals surface area contributed by atoms with Crippen LogP contribution in [0.5, 0.6) is 5.75 Å². The molecular weight excluding hydrogens is 251 g/mol. The molecule has 4 nitrogen and oxygen atoms in total. The highest BCUT2D eigenvalue weighted by atomic mass is 35.5. The van der Waals surface area contributed by atoms with E-state index in [0.29, 0.717) is 0 Å². The number of methoxy groups -OCH3 is 1. The Bertz CT molecular complexity index is 436. The Morgan fingerprint density at radius 1 is 1.41 bits per heavy atom. The summed E-state index contributed by atoms with van der Waals surface area (Å²) >= 11 is 5.69. The molecule has 0 aliphatic heterocycles. The Morgan fingerprint density at radius 3 is 2.53 bits per heavy atom. The number of hydrogen-bond donors (Lipinski definition) is 0. The zero-order valence-electron chi connectivity index (χ0n) is 9.25. The Kier molecular flexibility index (Phi) is 4.45. The van der Waals surface area contributed by atoms with Crippen LogP contribution < -0.4 is 4.74 Å². The summed E-state index contributed by atoms with van der Waals surface area (Å²) in [5.74, 6) is -2.98. The molecule has 0 saturated carbocycles. The van der Waals surface area contributed by atoms with Crippen LogP contribution in [-0.4, -0.2) is 25.5 Å². The SMILES string of the molecule is CCOC(=O)C(=O)c1cc(F)c(OC)c(Cl)c1. The maximum atomic E-state index is 13.4. The molecular formula is C11H10ClFO4. The number of rotatable bonds is 4. The molecule has 0 bridgehead atoms. The standard InChI is InChI=1S/C11H10ClFO4/c1-3-17-11(15)9(14)6-4-7(12)10(16-2)8(13)5-6/h4-5H,3H2,1-2H3. The fourth-order valence-electron chi connectivity index (χ4n) is 1.20. The Hall–Kier alpha value is -1.62. The number of esters is 1. The van der Waals surface area contributed by atoms with Crippen molar-refractivity contribution in [2.45, 2.75) is 6.92 Å². The molecule has 0 aromatic heterocycles. The number of benzene rings is 1. The Balaban J connectivity index is 3.08. The van der Waals surface area contributed by atoms with Gasteiger partial charge in [-0.2, -0.15) is 0 Å². The van der Waals surface area contributed by atoms with E-state index in [1.165, 1.54) is 7.11 Å². The minimum atomic E-state index is -1.05. The third-order valence-electron chi connectivity index (χ3n) is 1.93. The van der Waals surface area contributed by atoms with Crippen LogP contribution in [0, 0.1) is 5.82 Å². The van der Waals surface area contributed by atoms with Crippen LogP contribution in [0.2, 0.25) is 5.02 Å². The fraction of sp³-hybridized carbons (Fsp3) is 0.273. The maximum Gasteiger partial charge on any atom is 0.379 e. The van der Waals surface area contributed by atoms with Gasteiger partial charge in [-0.25, -0.2) is 9.18 Å². The number of carbonyl (C=O) groups excluding carboxylic acids is 2. The fourth-order valence-corrected chi connectivity index (χ4v) is 1.49. The summed E-state index contributed by atoms with van der Waals surface area (Å²) in [7, 11) is 1.25. The van der Waals surface area contributed by atoms with Crippen LogP contribution in [0.1, 0.15) is 17.3 Å². The predicted molar refractivity (Wildman–Crippen MR) is 58.9 cm³/mol. The Labute approximate surface area is 102 Å². The summed E-state index contributed by atoms with van der Waals surface area (Å²) in [5.41, 5.74) is -0.174. The van der Waals surface area contributed by atoms with Crippen LogP contribution in [0.3, 0.4) is 0 Å². The molecule has 6 heteroatoms. The van der Waals surface area contributed by atoms with E-state index in [2.05, 4.69) is 9.47 Å². The van der Waals surface area contributed by atoms with Gasteiger partial charge in [0.25, 0.3) is 5.78 Å². The van der Waals surface area contributed by atoms with Gasteiger partial charge in [0.05, 0.1) is 18.7 Å². The molecule has 0 amide bonds. The molecule has 0 aliphatic carbocycles. The van der Waals surface area contributed by atoms with Gasteiger partial charge in [0, 0.05) is 5.56 Å². The zero-order valence-corrected chi connectivity index (χ0v) is 10.0. The van der Waals surface area contributed by atoms with Crippen LogP contribution in [0.4, 0.5) is 4.39 Å². The highest BCUT2D eigenvalue weighted by Crippen LogP contribution is 2.29. The van der Waals surface area contributed by atoms with E-state index in [1.807, 2.05) is 0 Å². The highest BCUT2D eigenvalue weighted by Gasteiger charge is 2.21. The lowest BCUT2D eigenvalue weighted by Crippen LogP contribution is -2.17. The van der Waals surface area contributed by atoms with Gasteiger partial charge < -0.3 is 9.47 Å². The zero-order chi connectivity index (χ0) is 13.0. The van der Waals surface area contributed by atoms with E-state index >= 15 is 0 Å². The summed E-state index contributed by atoms with van der Waals surface area (Å²) in [6.45, 7) is 1.63. The average Bonchev–Trinajstić information content (AvgIpc) is 2.27. The van der Waals surface area contributed by atoms with E-state index in [0.717, 1.165) is 12.1 Å². The smallest absolute Gasteiger partial charge is 0.379 e. The molecule has 1 aromatic carbocycles. The van der Waals surface area contributed by atoms with Gasteiger partial charge in [-0.15, -0.1) is 0 Å². The quantitative estimate of drug-likeness (QED) is 0.473. The lowest BCUT2D eigenvalue weighted by atomic mass is 10.1. The minimum Gasteiger partial charge on any atom is -0.492 e. The second kappa shape index (κ2) is 5.63. The molecule has 0 unspecified atom stereocenters. The Morgan fingerprint density at radius 2 is 2.06 bits per heavy atom. The maximum absolute atomic E-state index is 13.4. The molecule has 92 valence electrons. The van der Waals surface area contributed by atoms with Crippen LogP contribution >= 0.6 is 11.6 Å². The van der Waals surface area contributed by atoms with Gasteiger partial charge in [-0.05, 0) is 19.1 Å². The average molecular weight is 261 g/mol. The second-order valence-corrected chi connectivity index (χ2v) is 3.43. The van der Waals surface area contributed by atoms with Crippen molar-refractivity contribution in [3.05, 3.63) is 28.5 Å².